The Balaban J connectivity index is 3.80. The molecule has 0 saturated carbocycles. The van der Waals surface area contributed by atoms with Crippen molar-refractivity contribution >= 4 is 13.7 Å². The van der Waals surface area contributed by atoms with E-state index in [2.05, 4.69) is 31.3 Å². The van der Waals surface area contributed by atoms with Crippen LogP contribution in [0.5, 0.6) is 0 Å². The van der Waals surface area contributed by atoms with Gasteiger partial charge in [-0.2, -0.15) is 0 Å². The van der Waals surface area contributed by atoms with Crippen molar-refractivity contribution in [3.05, 3.63) is 24.3 Å². The smallest absolute Gasteiger partial charge is 0.387 e. The van der Waals surface area contributed by atoms with Gasteiger partial charge in [-0.25, -0.2) is 4.57 Å². The van der Waals surface area contributed by atoms with Gasteiger partial charge in [-0.15, -0.1) is 0 Å². The SMILES string of the molecule is CCCCCCCCC/C=C/CC/C=C/C(O)C(COP(=O)(O)OCC[N+](C)(C)C)NC(=O)CCCCCCCCCCCCCCCCCCCCCCCCCCCCCCCCCCCCCCCCCCC. The van der Waals surface area contributed by atoms with Gasteiger partial charge in [0.25, 0.3) is 0 Å². The number of phosphoric acid groups is 1. The lowest BCUT2D eigenvalue weighted by Gasteiger charge is -2.25. The van der Waals surface area contributed by atoms with Gasteiger partial charge in [0.05, 0.1) is 39.9 Å². The zero-order valence-electron chi connectivity index (χ0n) is 51.8. The van der Waals surface area contributed by atoms with E-state index in [0.29, 0.717) is 17.4 Å². The van der Waals surface area contributed by atoms with Crippen LogP contribution in [0, 0.1) is 0 Å². The van der Waals surface area contributed by atoms with E-state index in [1.165, 1.54) is 289 Å². The molecule has 0 aromatic rings. The molecule has 0 rings (SSSR count). The first-order valence-electron chi connectivity index (χ1n) is 33.7. The molecule has 0 aliphatic carbocycles. The summed E-state index contributed by atoms with van der Waals surface area (Å²) >= 11 is 0. The van der Waals surface area contributed by atoms with Crippen molar-refractivity contribution in [1.29, 1.82) is 0 Å². The highest BCUT2D eigenvalue weighted by molar-refractivity contribution is 7.47. The van der Waals surface area contributed by atoms with Crippen LogP contribution in [-0.2, 0) is 18.4 Å². The van der Waals surface area contributed by atoms with Gasteiger partial charge in [0.15, 0.2) is 0 Å². The standard InChI is InChI=1S/C67H133N2O6P/c1-6-8-10-12-14-16-18-20-21-22-23-24-25-26-27-28-29-30-31-32-33-34-35-36-37-38-39-40-41-42-43-44-45-46-47-49-51-53-55-57-59-61-67(71)68-65(64-75-76(72,73)74-63-62-69(3,4)5)66(70)60-58-56-54-52-50-48-19-17-15-13-11-9-7-2/h50,52,58,60,65-66,70H,6-49,51,53-57,59,61-64H2,1-5H3,(H-,68,71,72,73)/p+1/b52-50+,60-58+. The molecule has 0 aliphatic rings. The molecule has 76 heavy (non-hydrogen) atoms. The van der Waals surface area contributed by atoms with E-state index in [-0.39, 0.29) is 19.1 Å². The van der Waals surface area contributed by atoms with Crippen LogP contribution in [0.4, 0.5) is 0 Å². The average Bonchev–Trinajstić information content (AvgIpc) is 3.38. The second kappa shape index (κ2) is 58.6. The van der Waals surface area contributed by atoms with Gasteiger partial charge in [0, 0.05) is 6.42 Å². The molecule has 0 radical (unpaired) electrons. The summed E-state index contributed by atoms with van der Waals surface area (Å²) in [7, 11) is 1.57. The molecule has 3 atom stereocenters. The number of likely N-dealkylation sites (N-methyl/N-ethyl adjacent to an activating group) is 1. The van der Waals surface area contributed by atoms with Gasteiger partial charge in [0.2, 0.25) is 5.91 Å². The van der Waals surface area contributed by atoms with E-state index in [4.69, 9.17) is 9.05 Å². The number of hydrogen-bond acceptors (Lipinski definition) is 5. The second-order valence-corrected chi connectivity index (χ2v) is 26.0. The summed E-state index contributed by atoms with van der Waals surface area (Å²) in [4.78, 5) is 23.3. The summed E-state index contributed by atoms with van der Waals surface area (Å²) in [5.41, 5.74) is 0. The predicted octanol–water partition coefficient (Wildman–Crippen LogP) is 21.1. The molecule has 0 fully saturated rings. The summed E-state index contributed by atoms with van der Waals surface area (Å²) in [6.07, 6.45) is 76.4. The minimum Gasteiger partial charge on any atom is -0.387 e. The summed E-state index contributed by atoms with van der Waals surface area (Å²) in [6.45, 7) is 4.82. The first-order valence-corrected chi connectivity index (χ1v) is 35.2. The fourth-order valence-corrected chi connectivity index (χ4v) is 11.2. The van der Waals surface area contributed by atoms with E-state index in [0.717, 1.165) is 38.5 Å². The van der Waals surface area contributed by atoms with E-state index >= 15 is 0 Å². The molecule has 0 bridgehead atoms. The van der Waals surface area contributed by atoms with Crippen LogP contribution in [-0.4, -0.2) is 73.4 Å². The van der Waals surface area contributed by atoms with Crippen LogP contribution < -0.4 is 5.32 Å². The van der Waals surface area contributed by atoms with Crippen LogP contribution in [0.1, 0.15) is 348 Å². The van der Waals surface area contributed by atoms with E-state index in [1.54, 1.807) is 6.08 Å². The molecule has 0 aliphatic heterocycles. The highest BCUT2D eigenvalue weighted by Crippen LogP contribution is 2.43. The molecule has 9 heteroatoms. The number of phosphoric ester groups is 1. The Kier molecular flexibility index (Phi) is 57.8. The van der Waals surface area contributed by atoms with Gasteiger partial charge in [-0.1, -0.05) is 334 Å². The number of quaternary nitrogens is 1. The third-order valence-corrected chi connectivity index (χ3v) is 16.7. The monoisotopic (exact) mass is 1090 g/mol. The number of aliphatic hydroxyl groups excluding tert-OH is 1. The van der Waals surface area contributed by atoms with Crippen molar-refractivity contribution in [3.63, 3.8) is 0 Å². The lowest BCUT2D eigenvalue weighted by Crippen LogP contribution is -2.45. The minimum absolute atomic E-state index is 0.0586. The fraction of sp³-hybridized carbons (Fsp3) is 0.925. The molecular formula is C67H134N2O6P+. The Bertz CT molecular complexity index is 1290. The average molecular weight is 1090 g/mol. The molecule has 0 aromatic heterocycles. The minimum atomic E-state index is -4.35. The number of rotatable bonds is 63. The number of carbonyl (C=O) groups is 1. The Morgan fingerprint density at radius 3 is 1.05 bits per heavy atom. The van der Waals surface area contributed by atoms with Gasteiger partial charge >= 0.3 is 7.82 Å². The summed E-state index contributed by atoms with van der Waals surface area (Å²) in [5, 5.41) is 13.9. The summed E-state index contributed by atoms with van der Waals surface area (Å²) in [5.74, 6) is -0.181. The molecule has 0 saturated heterocycles. The maximum Gasteiger partial charge on any atom is 0.472 e. The van der Waals surface area contributed by atoms with E-state index < -0.39 is 20.0 Å². The number of nitrogens with one attached hydrogen (secondary N) is 1. The van der Waals surface area contributed by atoms with E-state index in [9.17, 15) is 19.4 Å². The fourth-order valence-electron chi connectivity index (χ4n) is 10.4. The first kappa shape index (κ1) is 75.0. The largest absolute Gasteiger partial charge is 0.472 e. The number of amides is 1. The molecule has 3 N–H and O–H groups in total. The van der Waals surface area contributed by atoms with Crippen molar-refractivity contribution in [2.24, 2.45) is 0 Å². The molecule has 0 aromatic carbocycles. The quantitative estimate of drug-likeness (QED) is 0.0243. The van der Waals surface area contributed by atoms with Crippen LogP contribution in [0.25, 0.3) is 0 Å². The molecule has 1 amide bonds. The lowest BCUT2D eigenvalue weighted by atomic mass is 10.0. The van der Waals surface area contributed by atoms with Gasteiger partial charge in [0.1, 0.15) is 13.2 Å². The summed E-state index contributed by atoms with van der Waals surface area (Å²) < 4.78 is 23.7. The second-order valence-electron chi connectivity index (χ2n) is 24.6. The highest BCUT2D eigenvalue weighted by Gasteiger charge is 2.28. The van der Waals surface area contributed by atoms with Crippen LogP contribution in [0.15, 0.2) is 24.3 Å². The van der Waals surface area contributed by atoms with Gasteiger partial charge < -0.3 is 19.8 Å². The van der Waals surface area contributed by atoms with E-state index in [1.807, 2.05) is 27.2 Å². The number of allylic oxidation sites excluding steroid dienone is 3. The maximum atomic E-state index is 13.0. The maximum absolute atomic E-state index is 13.0. The highest BCUT2D eigenvalue weighted by atomic mass is 31.2. The molecule has 0 heterocycles. The lowest BCUT2D eigenvalue weighted by molar-refractivity contribution is -0.870. The number of aliphatic hydroxyl groups is 1. The Hall–Kier alpha value is -1.02. The van der Waals surface area contributed by atoms with Crippen LogP contribution >= 0.6 is 7.82 Å². The van der Waals surface area contributed by atoms with Crippen molar-refractivity contribution < 1.29 is 32.9 Å². The van der Waals surface area contributed by atoms with Crippen molar-refractivity contribution in [2.75, 3.05) is 40.9 Å². The molecular weight excluding hydrogens is 960 g/mol. The number of hydrogen-bond donors (Lipinski definition) is 3. The zero-order valence-corrected chi connectivity index (χ0v) is 52.7. The molecule has 8 nitrogen and oxygen atoms in total. The third-order valence-electron chi connectivity index (χ3n) is 15.7. The molecule has 452 valence electrons. The summed E-state index contributed by atoms with van der Waals surface area (Å²) in [6, 6.07) is -0.860. The Morgan fingerprint density at radius 2 is 0.724 bits per heavy atom. The number of unbranched alkanes of at least 4 members (excludes halogenated alkanes) is 48. The van der Waals surface area contributed by atoms with Crippen LogP contribution in [0.3, 0.4) is 0 Å². The number of nitrogens with zero attached hydrogens (tertiary/aromatic N) is 1. The molecule has 0 spiro atoms. The normalized spacial score (nSPS) is 13.8. The van der Waals surface area contributed by atoms with Gasteiger partial charge in [-0.3, -0.25) is 13.8 Å². The van der Waals surface area contributed by atoms with Crippen LogP contribution in [0.2, 0.25) is 0 Å². The third kappa shape index (κ3) is 60.6. The Morgan fingerprint density at radius 1 is 0.434 bits per heavy atom. The number of carbonyl (C=O) groups excluding carboxylic acids is 1. The zero-order chi connectivity index (χ0) is 55.6. The first-order chi connectivity index (χ1) is 37.0. The van der Waals surface area contributed by atoms with Crippen molar-refractivity contribution in [1.82, 2.24) is 5.32 Å². The molecule has 3 unspecified atom stereocenters. The Labute approximate surface area is 474 Å². The van der Waals surface area contributed by atoms with Crippen molar-refractivity contribution in [3.8, 4) is 0 Å². The predicted molar refractivity (Wildman–Crippen MR) is 332 cm³/mol. The van der Waals surface area contributed by atoms with Crippen molar-refractivity contribution in [2.45, 2.75) is 360 Å². The van der Waals surface area contributed by atoms with Gasteiger partial charge in [-0.05, 0) is 32.1 Å². The topological polar surface area (TPSA) is 105 Å².